The van der Waals surface area contributed by atoms with E-state index in [1.807, 2.05) is 43.5 Å². The van der Waals surface area contributed by atoms with Gasteiger partial charge in [-0.25, -0.2) is 0 Å². The molecule has 0 atom stereocenters. The van der Waals surface area contributed by atoms with Crippen molar-refractivity contribution in [1.82, 2.24) is 4.90 Å². The van der Waals surface area contributed by atoms with E-state index in [1.165, 1.54) is 5.56 Å². The van der Waals surface area contributed by atoms with Crippen molar-refractivity contribution < 1.29 is 28.7 Å². The van der Waals surface area contributed by atoms with Gasteiger partial charge in [0.25, 0.3) is 0 Å². The molecular weight excluding hydrogens is 311 g/mol. The minimum absolute atomic E-state index is 0.757. The molecule has 126 valence electrons. The van der Waals surface area contributed by atoms with Gasteiger partial charge < -0.3 is 33.6 Å². The van der Waals surface area contributed by atoms with Crippen molar-refractivity contribution in [2.24, 2.45) is 4.99 Å². The molecule has 0 heterocycles. The Morgan fingerprint density at radius 3 is 2.18 bits per heavy atom. The molecule has 0 N–H and O–H groups in total. The number of nitrogens with zero attached hydrogens (tertiary/aromatic N) is 2. The van der Waals surface area contributed by atoms with Gasteiger partial charge in [0, 0.05) is 20.6 Å². The van der Waals surface area contributed by atoms with Crippen LogP contribution in [0.5, 0.6) is 11.5 Å². The second-order valence-electron chi connectivity index (χ2n) is 4.37. The third kappa shape index (κ3) is 11.1. The smallest absolute Gasteiger partial charge is 0.160 e. The highest BCUT2D eigenvalue weighted by Gasteiger charge is 2.03. The van der Waals surface area contributed by atoms with Crippen molar-refractivity contribution in [1.29, 1.82) is 0 Å². The van der Waals surface area contributed by atoms with Crippen LogP contribution in [0.3, 0.4) is 0 Å². The molecule has 1 aromatic rings. The molecule has 0 aliphatic rings. The van der Waals surface area contributed by atoms with Gasteiger partial charge in [0.15, 0.2) is 11.5 Å². The van der Waals surface area contributed by atoms with Gasteiger partial charge in [-0.15, -0.1) is 0 Å². The minimum Gasteiger partial charge on any atom is -0.822 e. The summed E-state index contributed by atoms with van der Waals surface area (Å²) in [6, 6.07) is 5.94. The molecule has 1 aromatic carbocycles. The fourth-order valence-corrected chi connectivity index (χ4v) is 1.45. The number of aliphatic imine (C=N–C) groups is 1. The monoisotopic (exact) mass is 331 g/mol. The zero-order valence-electron chi connectivity index (χ0n) is 13.0. The van der Waals surface area contributed by atoms with Crippen LogP contribution in [-0.2, 0) is 11.0 Å². The zero-order chi connectivity index (χ0) is 17.2. The van der Waals surface area contributed by atoms with E-state index >= 15 is 0 Å². The van der Waals surface area contributed by atoms with Crippen LogP contribution in [0.25, 0.3) is 0 Å². The molecule has 0 spiro atoms. The van der Waals surface area contributed by atoms with Crippen molar-refractivity contribution in [2.75, 3.05) is 34.9 Å². The van der Waals surface area contributed by atoms with E-state index in [1.54, 1.807) is 14.2 Å². The van der Waals surface area contributed by atoms with E-state index in [2.05, 4.69) is 4.99 Å². The first-order valence-corrected chi connectivity index (χ1v) is 7.73. The van der Waals surface area contributed by atoms with E-state index in [0.717, 1.165) is 24.5 Å². The SMILES string of the molecule is COc1ccc(CCN=CN(C)C)cc1OC.O=P([O-])([O-])[O-]. The first-order chi connectivity index (χ1) is 10.2. The van der Waals surface area contributed by atoms with Gasteiger partial charge in [0.05, 0.1) is 20.6 Å². The van der Waals surface area contributed by atoms with Crippen molar-refractivity contribution in [2.45, 2.75) is 6.42 Å². The predicted molar refractivity (Wildman–Crippen MR) is 77.9 cm³/mol. The Kier molecular flexibility index (Phi) is 9.44. The second kappa shape index (κ2) is 10.2. The standard InChI is InChI=1S/C13H20N2O2.H3O4P/c1-15(2)10-14-8-7-11-5-6-12(16-3)13(9-11)17-4;1-5(2,3)4/h5-6,9-10H,7-8H2,1-4H3;(H3,1,2,3,4)/p-3. The van der Waals surface area contributed by atoms with Crippen molar-refractivity contribution in [3.05, 3.63) is 23.8 Å². The van der Waals surface area contributed by atoms with Crippen LogP contribution < -0.4 is 24.2 Å². The Bertz CT molecular complexity index is 507. The summed E-state index contributed by atoms with van der Waals surface area (Å²) in [7, 11) is 1.81. The molecule has 0 radical (unpaired) electrons. The lowest BCUT2D eigenvalue weighted by molar-refractivity contribution is -0.432. The second-order valence-corrected chi connectivity index (χ2v) is 5.27. The highest BCUT2D eigenvalue weighted by molar-refractivity contribution is 7.40. The Morgan fingerprint density at radius 2 is 1.73 bits per heavy atom. The summed E-state index contributed by atoms with van der Waals surface area (Å²) in [6.45, 7) is 0.771. The number of methoxy groups -OCH3 is 2. The molecule has 0 saturated carbocycles. The lowest BCUT2D eigenvalue weighted by Crippen LogP contribution is -2.24. The Morgan fingerprint density at radius 1 is 1.18 bits per heavy atom. The Hall–Kier alpha value is -1.60. The fourth-order valence-electron chi connectivity index (χ4n) is 1.45. The van der Waals surface area contributed by atoms with E-state index in [-0.39, 0.29) is 0 Å². The summed E-state index contributed by atoms with van der Waals surface area (Å²) in [5.74, 6) is 1.52. The van der Waals surface area contributed by atoms with Crippen LogP contribution in [0, 0.1) is 0 Å². The predicted octanol–water partition coefficient (Wildman–Crippen LogP) is -0.988. The van der Waals surface area contributed by atoms with E-state index in [9.17, 15) is 0 Å². The molecular formula is C13H20N2O6P-3. The van der Waals surface area contributed by atoms with Gasteiger partial charge >= 0.3 is 0 Å². The maximum atomic E-state index is 8.55. The molecule has 0 aliphatic carbocycles. The first-order valence-electron chi connectivity index (χ1n) is 6.27. The lowest BCUT2D eigenvalue weighted by atomic mass is 10.1. The van der Waals surface area contributed by atoms with Gasteiger partial charge in [0.2, 0.25) is 0 Å². The van der Waals surface area contributed by atoms with Gasteiger partial charge in [-0.05, 0) is 24.1 Å². The van der Waals surface area contributed by atoms with Crippen LogP contribution in [0.1, 0.15) is 5.56 Å². The number of hydrogen-bond acceptors (Lipinski definition) is 7. The molecule has 8 nitrogen and oxygen atoms in total. The summed E-state index contributed by atoms with van der Waals surface area (Å²) in [6.07, 6.45) is 2.71. The maximum Gasteiger partial charge on any atom is 0.160 e. The fraction of sp³-hybridized carbons (Fsp3) is 0.462. The van der Waals surface area contributed by atoms with Crippen LogP contribution in [0.2, 0.25) is 0 Å². The minimum atomic E-state index is -5.39. The molecule has 1 rings (SSSR count). The molecule has 0 amide bonds. The largest absolute Gasteiger partial charge is 0.822 e. The molecule has 0 saturated heterocycles. The van der Waals surface area contributed by atoms with Crippen LogP contribution in [-0.4, -0.2) is 46.1 Å². The molecule has 22 heavy (non-hydrogen) atoms. The lowest BCUT2D eigenvalue weighted by Gasteiger charge is -2.36. The van der Waals surface area contributed by atoms with Gasteiger partial charge in [-0.3, -0.25) is 4.99 Å². The highest BCUT2D eigenvalue weighted by Crippen LogP contribution is 2.27. The molecule has 0 aromatic heterocycles. The topological polar surface area (TPSA) is 120 Å². The molecule has 0 fully saturated rings. The van der Waals surface area contributed by atoms with Crippen molar-refractivity contribution >= 4 is 14.2 Å². The number of benzene rings is 1. The maximum absolute atomic E-state index is 8.55. The van der Waals surface area contributed by atoms with Crippen LogP contribution in [0.4, 0.5) is 0 Å². The third-order valence-corrected chi connectivity index (χ3v) is 2.29. The van der Waals surface area contributed by atoms with Crippen molar-refractivity contribution in [3.8, 4) is 11.5 Å². The molecule has 0 unspecified atom stereocenters. The van der Waals surface area contributed by atoms with Gasteiger partial charge in [0.1, 0.15) is 0 Å². The molecule has 0 bridgehead atoms. The third-order valence-electron chi connectivity index (χ3n) is 2.29. The number of phosphoric acid groups is 1. The average molecular weight is 331 g/mol. The first kappa shape index (κ1) is 20.4. The average Bonchev–Trinajstić information content (AvgIpc) is 2.41. The number of rotatable bonds is 6. The van der Waals surface area contributed by atoms with E-state index in [0.29, 0.717) is 0 Å². The summed E-state index contributed by atoms with van der Waals surface area (Å²) in [4.78, 5) is 31.9. The van der Waals surface area contributed by atoms with Crippen LogP contribution >= 0.6 is 7.82 Å². The van der Waals surface area contributed by atoms with E-state index < -0.39 is 7.82 Å². The quantitative estimate of drug-likeness (QED) is 0.373. The van der Waals surface area contributed by atoms with E-state index in [4.69, 9.17) is 28.7 Å². The molecule has 0 aliphatic heterocycles. The van der Waals surface area contributed by atoms with Crippen LogP contribution in [0.15, 0.2) is 23.2 Å². The Balaban J connectivity index is 0.000000763. The zero-order valence-corrected chi connectivity index (χ0v) is 13.9. The summed E-state index contributed by atoms with van der Waals surface area (Å²) in [5.41, 5.74) is 1.19. The Labute approximate surface area is 130 Å². The normalized spacial score (nSPS) is 10.9. The summed E-state index contributed by atoms with van der Waals surface area (Å²) in [5, 5.41) is 0. The highest BCUT2D eigenvalue weighted by atomic mass is 31.2. The van der Waals surface area contributed by atoms with Gasteiger partial charge in [-0.2, -0.15) is 7.82 Å². The molecule has 9 heteroatoms. The van der Waals surface area contributed by atoms with Gasteiger partial charge in [-0.1, -0.05) is 6.07 Å². The van der Waals surface area contributed by atoms with Crippen molar-refractivity contribution in [3.63, 3.8) is 0 Å². The summed E-state index contributed by atoms with van der Waals surface area (Å²) < 4.78 is 19.0. The number of ether oxygens (including phenoxy) is 2. The number of hydrogen-bond donors (Lipinski definition) is 0. The summed E-state index contributed by atoms with van der Waals surface area (Å²) >= 11 is 0.